The molecule has 0 aromatic heterocycles. The van der Waals surface area contributed by atoms with Gasteiger partial charge >= 0.3 is 6.18 Å². The van der Waals surface area contributed by atoms with Crippen LogP contribution in [0.25, 0.3) is 0 Å². The van der Waals surface area contributed by atoms with Gasteiger partial charge in [-0.25, -0.2) is 0 Å². The molecule has 15 heavy (non-hydrogen) atoms. The molecule has 0 fully saturated rings. The van der Waals surface area contributed by atoms with Crippen molar-refractivity contribution in [3.8, 4) is 0 Å². The van der Waals surface area contributed by atoms with E-state index in [-0.39, 0.29) is 24.0 Å². The molecule has 1 atom stereocenters. The van der Waals surface area contributed by atoms with Crippen LogP contribution in [-0.4, -0.2) is 43.0 Å². The topological polar surface area (TPSA) is 56.6 Å². The first-order chi connectivity index (χ1) is 6.50. The van der Waals surface area contributed by atoms with E-state index in [1.807, 2.05) is 0 Å². The summed E-state index contributed by atoms with van der Waals surface area (Å²) < 4.78 is 35.6. The Morgan fingerprint density at radius 1 is 1.53 bits per heavy atom. The molecule has 1 heterocycles. The predicted molar refractivity (Wildman–Crippen MR) is 60.4 cm³/mol. The number of aliphatic hydroxyl groups excluding tert-OH is 1. The standard InChI is InChI=1S/C7H12F3N3O.HI/c8-7(9,10)5(14)4-13-6-11-2-1-3-12-6;/h5,14H,1-4H2,(H2,11,12,13);1H. The zero-order valence-corrected chi connectivity index (χ0v) is 10.2. The lowest BCUT2D eigenvalue weighted by molar-refractivity contribution is -0.201. The van der Waals surface area contributed by atoms with Crippen LogP contribution >= 0.6 is 24.0 Å². The Kier molecular flexibility index (Phi) is 6.25. The fraction of sp³-hybridized carbons (Fsp3) is 0.857. The van der Waals surface area contributed by atoms with Gasteiger partial charge in [-0.2, -0.15) is 13.2 Å². The van der Waals surface area contributed by atoms with Gasteiger partial charge in [0.2, 0.25) is 0 Å². The number of alkyl halides is 3. The summed E-state index contributed by atoms with van der Waals surface area (Å²) in [7, 11) is 0. The van der Waals surface area contributed by atoms with E-state index < -0.39 is 18.8 Å². The molecule has 0 spiro atoms. The number of aliphatic imine (C=N–C) groups is 1. The Morgan fingerprint density at radius 3 is 2.67 bits per heavy atom. The van der Waals surface area contributed by atoms with Gasteiger partial charge in [0.05, 0.1) is 6.54 Å². The number of aliphatic hydroxyl groups is 1. The molecule has 1 rings (SSSR count). The van der Waals surface area contributed by atoms with Gasteiger partial charge in [0.1, 0.15) is 0 Å². The Hall–Kier alpha value is -0.250. The van der Waals surface area contributed by atoms with Crippen LogP contribution in [0.4, 0.5) is 13.2 Å². The second-order valence-corrected chi connectivity index (χ2v) is 2.95. The molecule has 0 aromatic rings. The average molecular weight is 339 g/mol. The fourth-order valence-electron chi connectivity index (χ4n) is 0.960. The van der Waals surface area contributed by atoms with Crippen LogP contribution in [0.5, 0.6) is 0 Å². The zero-order valence-electron chi connectivity index (χ0n) is 7.84. The molecule has 0 radical (unpaired) electrons. The van der Waals surface area contributed by atoms with Gasteiger partial charge in [0.15, 0.2) is 12.1 Å². The highest BCUT2D eigenvalue weighted by atomic mass is 127. The largest absolute Gasteiger partial charge is 0.416 e. The molecule has 0 aliphatic carbocycles. The summed E-state index contributed by atoms with van der Waals surface area (Å²) in [6.45, 7) is 0.709. The minimum atomic E-state index is -4.58. The first-order valence-corrected chi connectivity index (χ1v) is 4.27. The molecule has 4 nitrogen and oxygen atoms in total. The van der Waals surface area contributed by atoms with E-state index in [9.17, 15) is 13.2 Å². The number of guanidine groups is 1. The molecular weight excluding hydrogens is 326 g/mol. The second-order valence-electron chi connectivity index (χ2n) is 2.95. The van der Waals surface area contributed by atoms with E-state index in [0.717, 1.165) is 6.42 Å². The van der Waals surface area contributed by atoms with Gasteiger partial charge in [0.25, 0.3) is 0 Å². The van der Waals surface area contributed by atoms with E-state index in [1.54, 1.807) is 0 Å². The molecule has 1 aliphatic rings. The molecule has 8 heteroatoms. The SMILES string of the molecule is I.OC(CNC1=NCCCN1)C(F)(F)F. The molecular formula is C7H13F3IN3O. The van der Waals surface area contributed by atoms with Gasteiger partial charge < -0.3 is 15.7 Å². The van der Waals surface area contributed by atoms with Gasteiger partial charge in [-0.15, -0.1) is 24.0 Å². The van der Waals surface area contributed by atoms with Gasteiger partial charge in [-0.3, -0.25) is 4.99 Å². The first-order valence-electron chi connectivity index (χ1n) is 4.27. The lowest BCUT2D eigenvalue weighted by Gasteiger charge is -2.19. The van der Waals surface area contributed by atoms with Crippen molar-refractivity contribution in [2.24, 2.45) is 4.99 Å². The van der Waals surface area contributed by atoms with Crippen molar-refractivity contribution in [1.82, 2.24) is 10.6 Å². The molecule has 0 saturated heterocycles. The third-order valence-corrected chi connectivity index (χ3v) is 1.74. The summed E-state index contributed by atoms with van der Waals surface area (Å²) in [6, 6.07) is 0. The number of nitrogens with one attached hydrogen (secondary N) is 2. The summed E-state index contributed by atoms with van der Waals surface area (Å²) in [5, 5.41) is 13.8. The average Bonchev–Trinajstić information content (AvgIpc) is 2.14. The Morgan fingerprint density at radius 2 is 2.20 bits per heavy atom. The molecule has 0 saturated carbocycles. The maximum Gasteiger partial charge on any atom is 0.416 e. The van der Waals surface area contributed by atoms with Crippen molar-refractivity contribution in [3.63, 3.8) is 0 Å². The lowest BCUT2D eigenvalue weighted by Crippen LogP contribution is -2.47. The Balaban J connectivity index is 0.00000196. The second kappa shape index (κ2) is 6.36. The lowest BCUT2D eigenvalue weighted by atomic mass is 10.3. The maximum atomic E-state index is 11.9. The van der Waals surface area contributed by atoms with E-state index in [2.05, 4.69) is 15.6 Å². The minimum absolute atomic E-state index is 0. The van der Waals surface area contributed by atoms with Crippen LogP contribution in [0.15, 0.2) is 4.99 Å². The molecule has 0 aromatic carbocycles. The minimum Gasteiger partial charge on any atom is -0.382 e. The van der Waals surface area contributed by atoms with Crippen molar-refractivity contribution < 1.29 is 18.3 Å². The van der Waals surface area contributed by atoms with Crippen molar-refractivity contribution in [3.05, 3.63) is 0 Å². The number of hydrogen-bond donors (Lipinski definition) is 3. The molecule has 1 unspecified atom stereocenters. The highest BCUT2D eigenvalue weighted by Gasteiger charge is 2.38. The van der Waals surface area contributed by atoms with E-state index >= 15 is 0 Å². The molecule has 1 aliphatic heterocycles. The van der Waals surface area contributed by atoms with Crippen LogP contribution in [-0.2, 0) is 0 Å². The summed E-state index contributed by atoms with van der Waals surface area (Å²) in [5.74, 6) is 0.319. The van der Waals surface area contributed by atoms with Crippen molar-refractivity contribution in [2.75, 3.05) is 19.6 Å². The van der Waals surface area contributed by atoms with E-state index in [0.29, 0.717) is 19.0 Å². The summed E-state index contributed by atoms with van der Waals surface area (Å²) in [5.41, 5.74) is 0. The van der Waals surface area contributed by atoms with Crippen LogP contribution in [0.1, 0.15) is 6.42 Å². The van der Waals surface area contributed by atoms with Crippen LogP contribution in [0.3, 0.4) is 0 Å². The highest BCUT2D eigenvalue weighted by Crippen LogP contribution is 2.19. The Bertz CT molecular complexity index is 222. The highest BCUT2D eigenvalue weighted by molar-refractivity contribution is 14.0. The van der Waals surface area contributed by atoms with Crippen molar-refractivity contribution >= 4 is 29.9 Å². The van der Waals surface area contributed by atoms with Gasteiger partial charge in [-0.05, 0) is 6.42 Å². The Labute approximate surface area is 102 Å². The summed E-state index contributed by atoms with van der Waals surface area (Å²) >= 11 is 0. The van der Waals surface area contributed by atoms with Crippen molar-refractivity contribution in [1.29, 1.82) is 0 Å². The monoisotopic (exact) mass is 339 g/mol. The molecule has 0 amide bonds. The number of hydrogen-bond acceptors (Lipinski definition) is 4. The van der Waals surface area contributed by atoms with E-state index in [1.165, 1.54) is 0 Å². The third-order valence-electron chi connectivity index (χ3n) is 1.74. The quantitative estimate of drug-likeness (QED) is 0.641. The number of nitrogens with zero attached hydrogens (tertiary/aromatic N) is 1. The molecule has 3 N–H and O–H groups in total. The van der Waals surface area contributed by atoms with Crippen LogP contribution in [0.2, 0.25) is 0 Å². The normalized spacial score (nSPS) is 18.3. The van der Waals surface area contributed by atoms with Gasteiger partial charge in [-0.1, -0.05) is 0 Å². The molecule has 0 bridgehead atoms. The van der Waals surface area contributed by atoms with Crippen LogP contribution < -0.4 is 10.6 Å². The van der Waals surface area contributed by atoms with Gasteiger partial charge in [0, 0.05) is 13.1 Å². The third kappa shape index (κ3) is 5.40. The zero-order chi connectivity index (χ0) is 10.6. The smallest absolute Gasteiger partial charge is 0.382 e. The predicted octanol–water partition coefficient (Wildman–Crippen LogP) is 0.467. The summed E-state index contributed by atoms with van der Waals surface area (Å²) in [6.07, 6.45) is -6.07. The number of rotatable bonds is 2. The van der Waals surface area contributed by atoms with Crippen LogP contribution in [0, 0.1) is 0 Å². The number of halogens is 4. The van der Waals surface area contributed by atoms with E-state index in [4.69, 9.17) is 5.11 Å². The fourth-order valence-corrected chi connectivity index (χ4v) is 0.960. The van der Waals surface area contributed by atoms with Crippen molar-refractivity contribution in [2.45, 2.75) is 18.7 Å². The molecule has 90 valence electrons. The first kappa shape index (κ1) is 14.8. The maximum absolute atomic E-state index is 11.9. The summed E-state index contributed by atoms with van der Waals surface area (Å²) in [4.78, 5) is 3.90.